The van der Waals surface area contributed by atoms with Crippen LogP contribution in [0.15, 0.2) is 0 Å². The number of amides is 1. The number of alkyl halides is 1. The molecule has 8 nitrogen and oxygen atoms in total. The van der Waals surface area contributed by atoms with Gasteiger partial charge in [0.15, 0.2) is 9.96 Å². The minimum Gasteiger partial charge on any atom is -0.465 e. The molecule has 0 aliphatic heterocycles. The van der Waals surface area contributed by atoms with Gasteiger partial charge in [0, 0.05) is 0 Å². The first-order valence-electron chi connectivity index (χ1n) is 7.57. The van der Waals surface area contributed by atoms with Gasteiger partial charge in [0.25, 0.3) is 0 Å². The summed E-state index contributed by atoms with van der Waals surface area (Å²) in [5, 5.41) is 2.56. The van der Waals surface area contributed by atoms with Crippen molar-refractivity contribution in [2.75, 3.05) is 18.5 Å². The molecule has 0 saturated carbocycles. The van der Waals surface area contributed by atoms with Gasteiger partial charge in [-0.3, -0.25) is 10.1 Å². The van der Waals surface area contributed by atoms with Crippen LogP contribution >= 0.6 is 27.3 Å². The Morgan fingerprint density at radius 2 is 1.80 bits per heavy atom. The molecule has 0 saturated heterocycles. The van der Waals surface area contributed by atoms with E-state index < -0.39 is 28.5 Å². The van der Waals surface area contributed by atoms with Gasteiger partial charge in [0.1, 0.15) is 10.5 Å². The summed E-state index contributed by atoms with van der Waals surface area (Å²) in [5.41, 5.74) is -0.565. The molecule has 0 spiro atoms. The van der Waals surface area contributed by atoms with Crippen molar-refractivity contribution in [1.29, 1.82) is 0 Å². The number of thiazole rings is 1. The standard InChI is InChI=1S/C15H21BrN2O6S/c1-6-22-11(19)8(16)9-10(12(20)23-7-2)25-13(17-9)18-14(21)24-15(3,4)5/h8H,6-7H2,1-5H3,(H,17,18,21). The average molecular weight is 437 g/mol. The Bertz CT molecular complexity index is 640. The highest BCUT2D eigenvalue weighted by atomic mass is 79.9. The third-order valence-electron chi connectivity index (χ3n) is 2.46. The maximum absolute atomic E-state index is 12.1. The SMILES string of the molecule is CCOC(=O)c1sc(NC(=O)OC(C)(C)C)nc1C(Br)C(=O)OCC. The maximum atomic E-state index is 12.1. The molecule has 0 fully saturated rings. The molecule has 1 unspecified atom stereocenters. The van der Waals surface area contributed by atoms with Crippen LogP contribution in [0, 0.1) is 0 Å². The highest BCUT2D eigenvalue weighted by Gasteiger charge is 2.30. The third-order valence-corrected chi connectivity index (χ3v) is 4.23. The zero-order chi connectivity index (χ0) is 19.2. The second kappa shape index (κ2) is 9.14. The molecule has 0 bridgehead atoms. The fraction of sp³-hybridized carbons (Fsp3) is 0.600. The summed E-state index contributed by atoms with van der Waals surface area (Å²) in [5.74, 6) is -1.23. The van der Waals surface area contributed by atoms with Crippen molar-refractivity contribution < 1.29 is 28.6 Å². The van der Waals surface area contributed by atoms with Crippen LogP contribution in [-0.4, -0.2) is 41.8 Å². The Morgan fingerprint density at radius 1 is 1.20 bits per heavy atom. The van der Waals surface area contributed by atoms with Crippen LogP contribution in [0.25, 0.3) is 0 Å². The van der Waals surface area contributed by atoms with Gasteiger partial charge in [-0.1, -0.05) is 27.3 Å². The van der Waals surface area contributed by atoms with Crippen LogP contribution in [0.2, 0.25) is 0 Å². The first-order valence-corrected chi connectivity index (χ1v) is 9.30. The number of rotatable bonds is 6. The molecule has 1 amide bonds. The van der Waals surface area contributed by atoms with E-state index in [4.69, 9.17) is 14.2 Å². The maximum Gasteiger partial charge on any atom is 0.413 e. The Morgan fingerprint density at radius 3 is 2.32 bits per heavy atom. The minimum absolute atomic E-state index is 0.0998. The molecule has 0 aliphatic carbocycles. The highest BCUT2D eigenvalue weighted by Crippen LogP contribution is 2.33. The third kappa shape index (κ3) is 6.62. The highest BCUT2D eigenvalue weighted by molar-refractivity contribution is 9.09. The molecular weight excluding hydrogens is 416 g/mol. The summed E-state index contributed by atoms with van der Waals surface area (Å²) >= 11 is 4.06. The van der Waals surface area contributed by atoms with E-state index in [1.165, 1.54) is 0 Å². The fourth-order valence-corrected chi connectivity index (χ4v) is 3.12. The van der Waals surface area contributed by atoms with Crippen molar-refractivity contribution in [2.45, 2.75) is 45.0 Å². The lowest BCUT2D eigenvalue weighted by Crippen LogP contribution is -2.27. The van der Waals surface area contributed by atoms with E-state index in [-0.39, 0.29) is 28.9 Å². The van der Waals surface area contributed by atoms with E-state index in [0.717, 1.165) is 11.3 Å². The van der Waals surface area contributed by atoms with E-state index >= 15 is 0 Å². The number of ether oxygens (including phenoxy) is 3. The van der Waals surface area contributed by atoms with Crippen molar-refractivity contribution in [3.05, 3.63) is 10.6 Å². The number of nitrogens with zero attached hydrogens (tertiary/aromatic N) is 1. The summed E-state index contributed by atoms with van der Waals surface area (Å²) in [4.78, 5) is 39.2. The van der Waals surface area contributed by atoms with Crippen LogP contribution in [0.5, 0.6) is 0 Å². The lowest BCUT2D eigenvalue weighted by molar-refractivity contribution is -0.142. The van der Waals surface area contributed by atoms with Crippen molar-refractivity contribution in [3.8, 4) is 0 Å². The fourth-order valence-electron chi connectivity index (χ4n) is 1.62. The first kappa shape index (κ1) is 21.4. The van der Waals surface area contributed by atoms with Gasteiger partial charge in [-0.25, -0.2) is 14.6 Å². The topological polar surface area (TPSA) is 104 Å². The van der Waals surface area contributed by atoms with Gasteiger partial charge in [-0.05, 0) is 34.6 Å². The molecular formula is C15H21BrN2O6S. The Hall–Kier alpha value is -1.68. The molecule has 0 radical (unpaired) electrons. The molecule has 0 aromatic carbocycles. The summed E-state index contributed by atoms with van der Waals surface area (Å²) in [7, 11) is 0. The zero-order valence-electron chi connectivity index (χ0n) is 14.7. The van der Waals surface area contributed by atoms with Gasteiger partial charge in [0.05, 0.1) is 18.9 Å². The molecule has 1 N–H and O–H groups in total. The van der Waals surface area contributed by atoms with Crippen molar-refractivity contribution >= 4 is 50.4 Å². The number of hydrogen-bond donors (Lipinski definition) is 1. The summed E-state index contributed by atoms with van der Waals surface area (Å²) < 4.78 is 15.0. The number of esters is 2. The minimum atomic E-state index is -0.961. The van der Waals surface area contributed by atoms with E-state index in [1.807, 2.05) is 0 Å². The van der Waals surface area contributed by atoms with Gasteiger partial charge >= 0.3 is 18.0 Å². The molecule has 1 aromatic rings. The summed E-state index contributed by atoms with van der Waals surface area (Å²) in [6.07, 6.45) is -0.717. The second-order valence-corrected chi connectivity index (χ2v) is 7.61. The molecule has 1 atom stereocenters. The summed E-state index contributed by atoms with van der Waals surface area (Å²) in [6, 6.07) is 0. The smallest absolute Gasteiger partial charge is 0.413 e. The molecule has 140 valence electrons. The van der Waals surface area contributed by atoms with Crippen LogP contribution in [0.4, 0.5) is 9.93 Å². The van der Waals surface area contributed by atoms with Crippen molar-refractivity contribution in [3.63, 3.8) is 0 Å². The normalized spacial score (nSPS) is 12.2. The van der Waals surface area contributed by atoms with Gasteiger partial charge in [0.2, 0.25) is 0 Å². The second-order valence-electron chi connectivity index (χ2n) is 5.70. The first-order chi connectivity index (χ1) is 11.6. The van der Waals surface area contributed by atoms with Crippen molar-refractivity contribution in [2.24, 2.45) is 0 Å². The van der Waals surface area contributed by atoms with Crippen LogP contribution < -0.4 is 5.32 Å². The number of carbonyl (C=O) groups is 3. The van der Waals surface area contributed by atoms with Crippen molar-refractivity contribution in [1.82, 2.24) is 4.98 Å². The summed E-state index contributed by atoms with van der Waals surface area (Å²) in [6.45, 7) is 8.84. The molecule has 10 heteroatoms. The number of hydrogen-bond acceptors (Lipinski definition) is 8. The number of halogens is 1. The van der Waals surface area contributed by atoms with Gasteiger partial charge in [-0.15, -0.1) is 0 Å². The number of nitrogens with one attached hydrogen (secondary N) is 1. The van der Waals surface area contributed by atoms with E-state index in [0.29, 0.717) is 0 Å². The van der Waals surface area contributed by atoms with Crippen LogP contribution in [-0.2, 0) is 19.0 Å². The monoisotopic (exact) mass is 436 g/mol. The predicted octanol–water partition coefficient (Wildman–Crippen LogP) is 3.67. The Kier molecular flexibility index (Phi) is 7.81. The van der Waals surface area contributed by atoms with Crippen LogP contribution in [0.3, 0.4) is 0 Å². The molecule has 0 aliphatic rings. The molecule has 25 heavy (non-hydrogen) atoms. The lowest BCUT2D eigenvalue weighted by atomic mass is 10.2. The van der Waals surface area contributed by atoms with E-state index in [2.05, 4.69) is 26.2 Å². The number of aromatic nitrogens is 1. The van der Waals surface area contributed by atoms with Gasteiger partial charge < -0.3 is 14.2 Å². The van der Waals surface area contributed by atoms with Gasteiger partial charge in [-0.2, -0.15) is 0 Å². The predicted molar refractivity (Wildman–Crippen MR) is 96.2 cm³/mol. The quantitative estimate of drug-likeness (QED) is 0.412. The average Bonchev–Trinajstić information content (AvgIpc) is 2.88. The largest absolute Gasteiger partial charge is 0.465 e. The zero-order valence-corrected chi connectivity index (χ0v) is 17.1. The number of anilines is 1. The molecule has 1 rings (SSSR count). The Labute approximate surface area is 158 Å². The Balaban J connectivity index is 3.09. The molecule has 1 heterocycles. The lowest BCUT2D eigenvalue weighted by Gasteiger charge is -2.18. The number of carbonyl (C=O) groups excluding carboxylic acids is 3. The molecule has 1 aromatic heterocycles. The van der Waals surface area contributed by atoms with E-state index in [1.54, 1.807) is 34.6 Å². The van der Waals surface area contributed by atoms with Crippen LogP contribution in [0.1, 0.15) is 54.8 Å². The van der Waals surface area contributed by atoms with E-state index in [9.17, 15) is 14.4 Å².